The van der Waals surface area contributed by atoms with Crippen LogP contribution in [0.15, 0.2) is 42.5 Å². The highest BCUT2D eigenvalue weighted by molar-refractivity contribution is 5.98. The van der Waals surface area contributed by atoms with Gasteiger partial charge in [-0.15, -0.1) is 0 Å². The Morgan fingerprint density at radius 2 is 1.63 bits per heavy atom. The van der Waals surface area contributed by atoms with E-state index in [1.807, 2.05) is 61.0 Å². The Morgan fingerprint density at radius 1 is 1.00 bits per heavy atom. The van der Waals surface area contributed by atoms with Gasteiger partial charge in [-0.25, -0.2) is 0 Å². The van der Waals surface area contributed by atoms with Crippen LogP contribution in [0.2, 0.25) is 0 Å². The fraction of sp³-hybridized carbons (Fsp3) is 0.286. The van der Waals surface area contributed by atoms with Crippen LogP contribution in [0, 0.1) is 0 Å². The Bertz CT molecular complexity index is 952. The molecule has 6 nitrogen and oxygen atoms in total. The SMILES string of the molecule is COc1cc(C(C)NC(=O)c2cc3ccccc3n2C)cc(OC)c1OC. The third kappa shape index (κ3) is 3.43. The second kappa shape index (κ2) is 7.61. The zero-order chi connectivity index (χ0) is 19.6. The number of hydrogen-bond acceptors (Lipinski definition) is 4. The summed E-state index contributed by atoms with van der Waals surface area (Å²) in [7, 11) is 6.59. The van der Waals surface area contributed by atoms with E-state index in [4.69, 9.17) is 14.2 Å². The molecule has 0 aliphatic rings. The molecule has 1 aromatic heterocycles. The van der Waals surface area contributed by atoms with E-state index in [0.717, 1.165) is 16.5 Å². The van der Waals surface area contributed by atoms with Crippen LogP contribution in [-0.4, -0.2) is 31.8 Å². The Labute approximate surface area is 158 Å². The van der Waals surface area contributed by atoms with E-state index in [0.29, 0.717) is 22.9 Å². The molecular formula is C21H24N2O4. The van der Waals surface area contributed by atoms with Gasteiger partial charge in [-0.05, 0) is 36.8 Å². The topological polar surface area (TPSA) is 61.7 Å². The molecule has 0 aliphatic heterocycles. The number of amides is 1. The molecule has 0 saturated carbocycles. The van der Waals surface area contributed by atoms with Crippen LogP contribution in [-0.2, 0) is 7.05 Å². The molecule has 3 aromatic rings. The van der Waals surface area contributed by atoms with Crippen molar-refractivity contribution < 1.29 is 19.0 Å². The van der Waals surface area contributed by atoms with Gasteiger partial charge >= 0.3 is 0 Å². The smallest absolute Gasteiger partial charge is 0.268 e. The fourth-order valence-corrected chi connectivity index (χ4v) is 3.21. The zero-order valence-electron chi connectivity index (χ0n) is 16.2. The Balaban J connectivity index is 1.89. The second-order valence-electron chi connectivity index (χ2n) is 6.30. The molecule has 0 spiro atoms. The lowest BCUT2D eigenvalue weighted by molar-refractivity contribution is 0.0932. The summed E-state index contributed by atoms with van der Waals surface area (Å²) < 4.78 is 18.0. The van der Waals surface area contributed by atoms with Crippen molar-refractivity contribution in [2.45, 2.75) is 13.0 Å². The maximum Gasteiger partial charge on any atom is 0.268 e. The van der Waals surface area contributed by atoms with Gasteiger partial charge in [0.1, 0.15) is 5.69 Å². The van der Waals surface area contributed by atoms with E-state index in [1.165, 1.54) is 0 Å². The fourth-order valence-electron chi connectivity index (χ4n) is 3.21. The van der Waals surface area contributed by atoms with Crippen molar-refractivity contribution in [3.05, 3.63) is 53.7 Å². The first-order valence-corrected chi connectivity index (χ1v) is 8.65. The maximum atomic E-state index is 12.8. The lowest BCUT2D eigenvalue weighted by Gasteiger charge is -2.19. The van der Waals surface area contributed by atoms with E-state index in [1.54, 1.807) is 21.3 Å². The first-order chi connectivity index (χ1) is 13.0. The molecule has 1 N–H and O–H groups in total. The van der Waals surface area contributed by atoms with Gasteiger partial charge in [0.25, 0.3) is 5.91 Å². The summed E-state index contributed by atoms with van der Waals surface area (Å²) in [6.07, 6.45) is 0. The van der Waals surface area contributed by atoms with Gasteiger partial charge in [-0.2, -0.15) is 0 Å². The molecular weight excluding hydrogens is 344 g/mol. The molecule has 1 amide bonds. The lowest BCUT2D eigenvalue weighted by atomic mass is 10.1. The standard InChI is InChI=1S/C21H24N2O4/c1-13(15-11-18(25-3)20(27-5)19(12-15)26-4)22-21(24)17-10-14-8-6-7-9-16(14)23(17)2/h6-13H,1-5H3,(H,22,24). The van der Waals surface area contributed by atoms with Crippen molar-refractivity contribution in [1.82, 2.24) is 9.88 Å². The van der Waals surface area contributed by atoms with E-state index < -0.39 is 0 Å². The number of ether oxygens (including phenoxy) is 3. The Morgan fingerprint density at radius 3 is 2.19 bits per heavy atom. The second-order valence-corrected chi connectivity index (χ2v) is 6.30. The Kier molecular flexibility index (Phi) is 5.26. The summed E-state index contributed by atoms with van der Waals surface area (Å²) in [6, 6.07) is 13.2. The monoisotopic (exact) mass is 368 g/mol. The van der Waals surface area contributed by atoms with Gasteiger partial charge < -0.3 is 24.1 Å². The number of aromatic nitrogens is 1. The highest BCUT2D eigenvalue weighted by atomic mass is 16.5. The number of aryl methyl sites for hydroxylation is 1. The molecule has 1 atom stereocenters. The number of benzene rings is 2. The van der Waals surface area contributed by atoms with Crippen LogP contribution in [0.3, 0.4) is 0 Å². The van der Waals surface area contributed by atoms with Gasteiger partial charge in [0.05, 0.1) is 27.4 Å². The van der Waals surface area contributed by atoms with Crippen LogP contribution in [0.5, 0.6) is 17.2 Å². The molecule has 0 aliphatic carbocycles. The Hall–Kier alpha value is -3.15. The average Bonchev–Trinajstić information content (AvgIpc) is 3.03. The molecule has 1 heterocycles. The summed E-state index contributed by atoms with van der Waals surface area (Å²) in [5.41, 5.74) is 2.48. The largest absolute Gasteiger partial charge is 0.493 e. The number of nitrogens with one attached hydrogen (secondary N) is 1. The number of hydrogen-bond donors (Lipinski definition) is 1. The van der Waals surface area contributed by atoms with Gasteiger partial charge in [-0.3, -0.25) is 4.79 Å². The minimum absolute atomic E-state index is 0.144. The molecule has 3 rings (SSSR count). The third-order valence-corrected chi connectivity index (χ3v) is 4.72. The maximum absolute atomic E-state index is 12.8. The van der Waals surface area contributed by atoms with Crippen molar-refractivity contribution in [3.8, 4) is 17.2 Å². The molecule has 142 valence electrons. The van der Waals surface area contributed by atoms with Gasteiger partial charge in [-0.1, -0.05) is 18.2 Å². The first-order valence-electron chi connectivity index (χ1n) is 8.65. The van der Waals surface area contributed by atoms with Crippen LogP contribution < -0.4 is 19.5 Å². The minimum atomic E-state index is -0.246. The number of nitrogens with zero attached hydrogens (tertiary/aromatic N) is 1. The summed E-state index contributed by atoms with van der Waals surface area (Å²) in [6.45, 7) is 1.92. The van der Waals surface area contributed by atoms with E-state index in [-0.39, 0.29) is 11.9 Å². The van der Waals surface area contributed by atoms with Crippen LogP contribution in [0.4, 0.5) is 0 Å². The molecule has 6 heteroatoms. The van der Waals surface area contributed by atoms with Gasteiger partial charge in [0.2, 0.25) is 5.75 Å². The predicted octanol–water partition coefficient (Wildman–Crippen LogP) is 3.70. The van der Waals surface area contributed by atoms with Crippen LogP contribution in [0.1, 0.15) is 29.0 Å². The predicted molar refractivity (Wildman–Crippen MR) is 105 cm³/mol. The average molecular weight is 368 g/mol. The van der Waals surface area contributed by atoms with Crippen LogP contribution >= 0.6 is 0 Å². The molecule has 0 bridgehead atoms. The summed E-state index contributed by atoms with van der Waals surface area (Å²) in [5.74, 6) is 1.49. The highest BCUT2D eigenvalue weighted by Gasteiger charge is 2.20. The lowest BCUT2D eigenvalue weighted by Crippen LogP contribution is -2.28. The molecule has 1 unspecified atom stereocenters. The quantitative estimate of drug-likeness (QED) is 0.721. The molecule has 0 fully saturated rings. The number of carbonyl (C=O) groups excluding carboxylic acids is 1. The normalized spacial score (nSPS) is 11.9. The summed E-state index contributed by atoms with van der Waals surface area (Å²) in [5, 5.41) is 4.08. The van der Waals surface area contributed by atoms with E-state index in [2.05, 4.69) is 5.32 Å². The summed E-state index contributed by atoms with van der Waals surface area (Å²) >= 11 is 0. The van der Waals surface area contributed by atoms with E-state index >= 15 is 0 Å². The van der Waals surface area contributed by atoms with Crippen molar-refractivity contribution in [2.75, 3.05) is 21.3 Å². The first kappa shape index (κ1) is 18.6. The molecule has 0 radical (unpaired) electrons. The van der Waals surface area contributed by atoms with E-state index in [9.17, 15) is 4.79 Å². The molecule has 0 saturated heterocycles. The van der Waals surface area contributed by atoms with Crippen molar-refractivity contribution in [3.63, 3.8) is 0 Å². The highest BCUT2D eigenvalue weighted by Crippen LogP contribution is 2.39. The van der Waals surface area contributed by atoms with Crippen molar-refractivity contribution >= 4 is 16.8 Å². The number of fused-ring (bicyclic) bond motifs is 1. The number of para-hydroxylation sites is 1. The zero-order valence-corrected chi connectivity index (χ0v) is 16.2. The summed E-state index contributed by atoms with van der Waals surface area (Å²) in [4.78, 5) is 12.8. The molecule has 27 heavy (non-hydrogen) atoms. The number of carbonyl (C=O) groups is 1. The number of methoxy groups -OCH3 is 3. The van der Waals surface area contributed by atoms with Gasteiger partial charge in [0, 0.05) is 18.0 Å². The minimum Gasteiger partial charge on any atom is -0.493 e. The third-order valence-electron chi connectivity index (χ3n) is 4.72. The van der Waals surface area contributed by atoms with Gasteiger partial charge in [0.15, 0.2) is 11.5 Å². The van der Waals surface area contributed by atoms with Crippen molar-refractivity contribution in [1.29, 1.82) is 0 Å². The number of rotatable bonds is 6. The van der Waals surface area contributed by atoms with Crippen molar-refractivity contribution in [2.24, 2.45) is 7.05 Å². The molecule has 2 aromatic carbocycles. The van der Waals surface area contributed by atoms with Crippen LogP contribution in [0.25, 0.3) is 10.9 Å².